The van der Waals surface area contributed by atoms with Crippen LogP contribution < -0.4 is 5.32 Å². The molecule has 0 aliphatic heterocycles. The van der Waals surface area contributed by atoms with Gasteiger partial charge in [0.05, 0.1) is 0 Å². The Bertz CT molecular complexity index is 114. The lowest BCUT2D eigenvalue weighted by molar-refractivity contribution is 0.140. The summed E-state index contributed by atoms with van der Waals surface area (Å²) in [5, 5.41) is 3.50. The molecule has 1 heteroatoms. The Morgan fingerprint density at radius 1 is 1.33 bits per heavy atom. The largest absolute Gasteiger partial charge is 0.316 e. The minimum Gasteiger partial charge on any atom is -0.316 e. The summed E-state index contributed by atoms with van der Waals surface area (Å²) in [5.74, 6) is 2.93. The van der Waals surface area contributed by atoms with Gasteiger partial charge in [0.15, 0.2) is 0 Å². The van der Waals surface area contributed by atoms with Crippen LogP contribution in [0.25, 0.3) is 0 Å². The SMILES string of the molecule is CCCNCC1CC(C(C)C)C1. The van der Waals surface area contributed by atoms with E-state index in [1.54, 1.807) is 0 Å². The fourth-order valence-corrected chi connectivity index (χ4v) is 1.98. The lowest BCUT2D eigenvalue weighted by Gasteiger charge is -2.38. The monoisotopic (exact) mass is 169 g/mol. The summed E-state index contributed by atoms with van der Waals surface area (Å²) < 4.78 is 0. The highest BCUT2D eigenvalue weighted by Gasteiger charge is 2.30. The van der Waals surface area contributed by atoms with Crippen LogP contribution in [0.15, 0.2) is 0 Å². The molecule has 1 aliphatic carbocycles. The molecule has 0 aromatic heterocycles. The van der Waals surface area contributed by atoms with Crippen LogP contribution in [0, 0.1) is 17.8 Å². The summed E-state index contributed by atoms with van der Waals surface area (Å²) in [6.45, 7) is 9.38. The molecule has 0 bridgehead atoms. The molecule has 12 heavy (non-hydrogen) atoms. The van der Waals surface area contributed by atoms with Crippen molar-refractivity contribution in [2.24, 2.45) is 17.8 Å². The molecule has 1 aliphatic rings. The van der Waals surface area contributed by atoms with Crippen molar-refractivity contribution in [2.75, 3.05) is 13.1 Å². The summed E-state index contributed by atoms with van der Waals surface area (Å²) in [4.78, 5) is 0. The molecule has 1 nitrogen and oxygen atoms in total. The predicted molar refractivity (Wildman–Crippen MR) is 54.2 cm³/mol. The van der Waals surface area contributed by atoms with Crippen LogP contribution in [0.3, 0.4) is 0 Å². The van der Waals surface area contributed by atoms with Crippen LogP contribution in [-0.2, 0) is 0 Å². The first-order valence-electron chi connectivity index (χ1n) is 5.44. The van der Waals surface area contributed by atoms with Crippen molar-refractivity contribution in [3.05, 3.63) is 0 Å². The summed E-state index contributed by atoms with van der Waals surface area (Å²) in [5.41, 5.74) is 0. The van der Waals surface area contributed by atoms with Gasteiger partial charge < -0.3 is 5.32 Å². The summed E-state index contributed by atoms with van der Waals surface area (Å²) in [6, 6.07) is 0. The molecule has 0 heterocycles. The summed E-state index contributed by atoms with van der Waals surface area (Å²) in [7, 11) is 0. The number of hydrogen-bond acceptors (Lipinski definition) is 1. The fourth-order valence-electron chi connectivity index (χ4n) is 1.98. The molecule has 0 saturated heterocycles. The Labute approximate surface area is 76.9 Å². The first-order valence-corrected chi connectivity index (χ1v) is 5.44. The Kier molecular flexibility index (Phi) is 4.07. The maximum absolute atomic E-state index is 3.50. The van der Waals surface area contributed by atoms with Gasteiger partial charge in [-0.2, -0.15) is 0 Å². The normalized spacial score (nSPS) is 29.0. The smallest absolute Gasteiger partial charge is 0.00203 e. The molecule has 0 unspecified atom stereocenters. The van der Waals surface area contributed by atoms with Gasteiger partial charge >= 0.3 is 0 Å². The Hall–Kier alpha value is -0.0400. The van der Waals surface area contributed by atoms with E-state index in [4.69, 9.17) is 0 Å². The van der Waals surface area contributed by atoms with Crippen LogP contribution in [-0.4, -0.2) is 13.1 Å². The highest BCUT2D eigenvalue weighted by atomic mass is 14.9. The zero-order valence-electron chi connectivity index (χ0n) is 8.77. The minimum absolute atomic E-state index is 0.910. The highest BCUT2D eigenvalue weighted by molar-refractivity contribution is 4.82. The van der Waals surface area contributed by atoms with Crippen LogP contribution in [0.5, 0.6) is 0 Å². The molecular formula is C11H23N. The topological polar surface area (TPSA) is 12.0 Å². The molecule has 0 aromatic rings. The minimum atomic E-state index is 0.910. The van der Waals surface area contributed by atoms with Gasteiger partial charge in [-0.3, -0.25) is 0 Å². The van der Waals surface area contributed by atoms with Crippen molar-refractivity contribution >= 4 is 0 Å². The molecule has 1 fully saturated rings. The van der Waals surface area contributed by atoms with Gasteiger partial charge in [-0.1, -0.05) is 20.8 Å². The molecule has 0 spiro atoms. The number of nitrogens with one attached hydrogen (secondary N) is 1. The second kappa shape index (κ2) is 4.86. The first-order chi connectivity index (χ1) is 5.74. The standard InChI is InChI=1S/C11H23N/c1-4-5-12-8-10-6-11(7-10)9(2)3/h9-12H,4-8H2,1-3H3. The lowest BCUT2D eigenvalue weighted by Crippen LogP contribution is -2.35. The van der Waals surface area contributed by atoms with E-state index in [-0.39, 0.29) is 0 Å². The molecule has 72 valence electrons. The summed E-state index contributed by atoms with van der Waals surface area (Å²) >= 11 is 0. The molecular weight excluding hydrogens is 146 g/mol. The Morgan fingerprint density at radius 3 is 2.50 bits per heavy atom. The fraction of sp³-hybridized carbons (Fsp3) is 1.00. The van der Waals surface area contributed by atoms with Crippen LogP contribution in [0.1, 0.15) is 40.0 Å². The summed E-state index contributed by atoms with van der Waals surface area (Å²) in [6.07, 6.45) is 4.20. The van der Waals surface area contributed by atoms with Crippen molar-refractivity contribution in [1.29, 1.82) is 0 Å². The third-order valence-electron chi connectivity index (χ3n) is 3.07. The van der Waals surface area contributed by atoms with Gasteiger partial charge in [0.1, 0.15) is 0 Å². The Morgan fingerprint density at radius 2 is 2.00 bits per heavy atom. The Balaban J connectivity index is 1.95. The zero-order valence-corrected chi connectivity index (χ0v) is 8.77. The molecule has 0 aromatic carbocycles. The van der Waals surface area contributed by atoms with E-state index >= 15 is 0 Å². The number of hydrogen-bond donors (Lipinski definition) is 1. The molecule has 1 saturated carbocycles. The average molecular weight is 169 g/mol. The van der Waals surface area contributed by atoms with E-state index in [2.05, 4.69) is 26.1 Å². The highest BCUT2D eigenvalue weighted by Crippen LogP contribution is 2.38. The van der Waals surface area contributed by atoms with Gasteiger partial charge in [-0.15, -0.1) is 0 Å². The van der Waals surface area contributed by atoms with Crippen molar-refractivity contribution in [2.45, 2.75) is 40.0 Å². The van der Waals surface area contributed by atoms with Crippen molar-refractivity contribution < 1.29 is 0 Å². The van der Waals surface area contributed by atoms with E-state index in [9.17, 15) is 0 Å². The van der Waals surface area contributed by atoms with Gasteiger partial charge in [-0.05, 0) is 50.1 Å². The van der Waals surface area contributed by atoms with Crippen LogP contribution in [0.2, 0.25) is 0 Å². The van der Waals surface area contributed by atoms with Gasteiger partial charge in [0.2, 0.25) is 0 Å². The number of rotatable bonds is 5. The second-order valence-corrected chi connectivity index (χ2v) is 4.55. The predicted octanol–water partition coefficient (Wildman–Crippen LogP) is 2.67. The maximum atomic E-state index is 3.50. The van der Waals surface area contributed by atoms with Crippen molar-refractivity contribution in [3.63, 3.8) is 0 Å². The quantitative estimate of drug-likeness (QED) is 0.624. The molecule has 0 radical (unpaired) electrons. The second-order valence-electron chi connectivity index (χ2n) is 4.55. The first kappa shape index (κ1) is 10.0. The van der Waals surface area contributed by atoms with Gasteiger partial charge in [-0.25, -0.2) is 0 Å². The van der Waals surface area contributed by atoms with E-state index in [1.807, 2.05) is 0 Å². The van der Waals surface area contributed by atoms with Crippen molar-refractivity contribution in [3.8, 4) is 0 Å². The third kappa shape index (κ3) is 2.78. The van der Waals surface area contributed by atoms with E-state index in [1.165, 1.54) is 32.4 Å². The molecule has 1 rings (SSSR count). The van der Waals surface area contributed by atoms with Crippen LogP contribution in [0.4, 0.5) is 0 Å². The van der Waals surface area contributed by atoms with E-state index in [0.29, 0.717) is 0 Å². The van der Waals surface area contributed by atoms with E-state index in [0.717, 1.165) is 17.8 Å². The zero-order chi connectivity index (χ0) is 8.97. The van der Waals surface area contributed by atoms with Gasteiger partial charge in [0.25, 0.3) is 0 Å². The maximum Gasteiger partial charge on any atom is -0.00203 e. The molecule has 1 N–H and O–H groups in total. The van der Waals surface area contributed by atoms with Crippen LogP contribution >= 0.6 is 0 Å². The van der Waals surface area contributed by atoms with Gasteiger partial charge in [0, 0.05) is 0 Å². The molecule has 0 amide bonds. The lowest BCUT2D eigenvalue weighted by atomic mass is 9.69. The van der Waals surface area contributed by atoms with E-state index < -0.39 is 0 Å². The molecule has 0 atom stereocenters. The third-order valence-corrected chi connectivity index (χ3v) is 3.07. The average Bonchev–Trinajstić information content (AvgIpc) is 1.93. The van der Waals surface area contributed by atoms with Crippen molar-refractivity contribution in [1.82, 2.24) is 5.32 Å².